The van der Waals surface area contributed by atoms with Gasteiger partial charge < -0.3 is 14.7 Å². The monoisotopic (exact) mass is 453 g/mol. The van der Waals surface area contributed by atoms with Gasteiger partial charge in [0.05, 0.1) is 6.04 Å². The predicted molar refractivity (Wildman–Crippen MR) is 131 cm³/mol. The van der Waals surface area contributed by atoms with Gasteiger partial charge in [-0.3, -0.25) is 9.89 Å². The van der Waals surface area contributed by atoms with Gasteiger partial charge in [0.15, 0.2) is 0 Å². The van der Waals surface area contributed by atoms with Gasteiger partial charge in [-0.2, -0.15) is 5.10 Å². The average Bonchev–Trinajstić information content (AvgIpc) is 3.41. The van der Waals surface area contributed by atoms with Crippen LogP contribution < -0.4 is 4.74 Å². The number of carbonyl (C=O) groups is 1. The topological polar surface area (TPSA) is 78.5 Å². The molecule has 0 radical (unpaired) electrons. The van der Waals surface area contributed by atoms with Crippen molar-refractivity contribution in [2.24, 2.45) is 0 Å². The minimum absolute atomic E-state index is 0.0629. The molecule has 1 aliphatic heterocycles. The number of unbranched alkanes of at least 4 members (excludes halogenated alkanes) is 1. The van der Waals surface area contributed by atoms with Crippen molar-refractivity contribution in [1.29, 1.82) is 0 Å². The fourth-order valence-corrected chi connectivity index (χ4v) is 4.47. The van der Waals surface area contributed by atoms with Gasteiger partial charge in [-0.25, -0.2) is 0 Å². The zero-order chi connectivity index (χ0) is 23.5. The molecule has 1 aromatic heterocycles. The molecular weight excluding hydrogens is 426 g/mol. The van der Waals surface area contributed by atoms with Gasteiger partial charge in [-0.1, -0.05) is 67.9 Å². The number of amides is 1. The summed E-state index contributed by atoms with van der Waals surface area (Å²) in [6, 6.07) is 24.7. The van der Waals surface area contributed by atoms with E-state index in [2.05, 4.69) is 17.1 Å². The van der Waals surface area contributed by atoms with Crippen LogP contribution in [0, 0.1) is 0 Å². The number of hydrogen-bond donors (Lipinski definition) is 2. The molecule has 0 fully saturated rings. The van der Waals surface area contributed by atoms with Crippen molar-refractivity contribution in [3.63, 3.8) is 0 Å². The Kier molecular flexibility index (Phi) is 6.04. The number of aromatic amines is 1. The minimum atomic E-state index is -0.287. The van der Waals surface area contributed by atoms with Crippen molar-refractivity contribution in [3.05, 3.63) is 101 Å². The number of fused-ring (bicyclic) bond motifs is 1. The van der Waals surface area contributed by atoms with Crippen LogP contribution in [0.1, 0.15) is 53.0 Å². The van der Waals surface area contributed by atoms with Gasteiger partial charge in [0.25, 0.3) is 5.91 Å². The molecule has 4 aromatic rings. The van der Waals surface area contributed by atoms with E-state index in [0.29, 0.717) is 30.1 Å². The summed E-state index contributed by atoms with van der Waals surface area (Å²) in [5.41, 5.74) is 4.60. The van der Waals surface area contributed by atoms with E-state index in [0.717, 1.165) is 35.3 Å². The van der Waals surface area contributed by atoms with Gasteiger partial charge >= 0.3 is 0 Å². The van der Waals surface area contributed by atoms with Crippen molar-refractivity contribution in [2.45, 2.75) is 32.4 Å². The zero-order valence-corrected chi connectivity index (χ0v) is 19.1. The largest absolute Gasteiger partial charge is 0.507 e. The average molecular weight is 454 g/mol. The van der Waals surface area contributed by atoms with Gasteiger partial charge in [-0.05, 0) is 41.8 Å². The van der Waals surface area contributed by atoms with Crippen LogP contribution in [-0.2, 0) is 6.61 Å². The summed E-state index contributed by atoms with van der Waals surface area (Å²) in [6.07, 6.45) is 1.89. The molecule has 172 valence electrons. The van der Waals surface area contributed by atoms with Crippen LogP contribution in [0.15, 0.2) is 78.9 Å². The number of para-hydroxylation sites is 1. The first-order valence-electron chi connectivity index (χ1n) is 11.6. The second-order valence-electron chi connectivity index (χ2n) is 8.48. The van der Waals surface area contributed by atoms with Crippen molar-refractivity contribution in [1.82, 2.24) is 15.1 Å². The summed E-state index contributed by atoms with van der Waals surface area (Å²) in [5, 5.41) is 17.8. The lowest BCUT2D eigenvalue weighted by Crippen LogP contribution is -2.30. The number of nitrogens with one attached hydrogen (secondary N) is 1. The summed E-state index contributed by atoms with van der Waals surface area (Å²) in [5.74, 6) is 0.845. The Bertz CT molecular complexity index is 1280. The minimum Gasteiger partial charge on any atom is -0.507 e. The fraction of sp³-hybridized carbons (Fsp3) is 0.214. The highest BCUT2D eigenvalue weighted by atomic mass is 16.5. The van der Waals surface area contributed by atoms with E-state index < -0.39 is 0 Å². The third-order valence-corrected chi connectivity index (χ3v) is 6.22. The van der Waals surface area contributed by atoms with Crippen LogP contribution in [0.2, 0.25) is 0 Å². The number of benzene rings is 3. The number of rotatable bonds is 8. The quantitative estimate of drug-likeness (QED) is 0.358. The zero-order valence-electron chi connectivity index (χ0n) is 19.1. The Morgan fingerprint density at radius 2 is 1.74 bits per heavy atom. The molecule has 0 saturated carbocycles. The maximum Gasteiger partial charge on any atom is 0.273 e. The standard InChI is InChI=1S/C28H27N3O3/c1-2-3-17-31-27(20-13-15-21(16-14-20)34-18-19-9-5-4-6-10-19)24-25(29-30-26(24)28(31)33)22-11-7-8-12-23(22)32/h4-16,27,32H,2-3,17-18H2,1H3,(H,29,30). The molecule has 1 atom stereocenters. The second-order valence-corrected chi connectivity index (χ2v) is 8.48. The molecule has 0 spiro atoms. The smallest absolute Gasteiger partial charge is 0.273 e. The molecule has 0 bridgehead atoms. The van der Waals surface area contributed by atoms with E-state index in [1.807, 2.05) is 71.6 Å². The van der Waals surface area contributed by atoms with Gasteiger partial charge in [-0.15, -0.1) is 0 Å². The second kappa shape index (κ2) is 9.43. The maximum atomic E-state index is 13.3. The van der Waals surface area contributed by atoms with Crippen LogP contribution in [0.4, 0.5) is 0 Å². The molecule has 6 nitrogen and oxygen atoms in total. The Hall–Kier alpha value is -4.06. The molecule has 2 N–H and O–H groups in total. The SMILES string of the molecule is CCCCN1C(=O)c2[nH]nc(-c3ccccc3O)c2C1c1ccc(OCc2ccccc2)cc1. The van der Waals surface area contributed by atoms with Crippen LogP contribution in [0.5, 0.6) is 11.5 Å². The molecule has 1 unspecified atom stereocenters. The molecule has 3 aromatic carbocycles. The number of carbonyl (C=O) groups excluding carboxylic acids is 1. The van der Waals surface area contributed by atoms with Crippen molar-refractivity contribution in [3.8, 4) is 22.8 Å². The first-order chi connectivity index (χ1) is 16.7. The molecular formula is C28H27N3O3. The molecule has 0 saturated heterocycles. The molecule has 34 heavy (non-hydrogen) atoms. The lowest BCUT2D eigenvalue weighted by atomic mass is 9.95. The Balaban J connectivity index is 1.48. The molecule has 1 amide bonds. The first kappa shape index (κ1) is 21.8. The number of ether oxygens (including phenoxy) is 1. The van der Waals surface area contributed by atoms with Crippen LogP contribution >= 0.6 is 0 Å². The van der Waals surface area contributed by atoms with Gasteiger partial charge in [0.1, 0.15) is 29.5 Å². The van der Waals surface area contributed by atoms with Crippen molar-refractivity contribution < 1.29 is 14.6 Å². The number of aromatic hydroxyl groups is 1. The van der Waals surface area contributed by atoms with E-state index in [1.54, 1.807) is 12.1 Å². The van der Waals surface area contributed by atoms with E-state index in [4.69, 9.17) is 4.74 Å². The Morgan fingerprint density at radius 3 is 2.47 bits per heavy atom. The van der Waals surface area contributed by atoms with Crippen LogP contribution in [-0.4, -0.2) is 32.7 Å². The molecule has 0 aliphatic carbocycles. The summed E-state index contributed by atoms with van der Waals surface area (Å²) >= 11 is 0. The Morgan fingerprint density at radius 1 is 1.00 bits per heavy atom. The highest BCUT2D eigenvalue weighted by Gasteiger charge is 2.42. The lowest BCUT2D eigenvalue weighted by Gasteiger charge is -2.26. The number of nitrogens with zero attached hydrogens (tertiary/aromatic N) is 2. The van der Waals surface area contributed by atoms with Crippen LogP contribution in [0.25, 0.3) is 11.3 Å². The van der Waals surface area contributed by atoms with Crippen LogP contribution in [0.3, 0.4) is 0 Å². The molecule has 6 heteroatoms. The van der Waals surface area contributed by atoms with Gasteiger partial charge in [0.2, 0.25) is 0 Å². The third kappa shape index (κ3) is 4.03. The number of phenols is 1. The van der Waals surface area contributed by atoms with E-state index in [1.165, 1.54) is 0 Å². The molecule has 2 heterocycles. The number of hydrogen-bond acceptors (Lipinski definition) is 4. The highest BCUT2D eigenvalue weighted by Crippen LogP contribution is 2.44. The van der Waals surface area contributed by atoms with E-state index in [-0.39, 0.29) is 17.7 Å². The summed E-state index contributed by atoms with van der Waals surface area (Å²) in [6.45, 7) is 3.26. The number of aromatic nitrogens is 2. The van der Waals surface area contributed by atoms with E-state index in [9.17, 15) is 9.90 Å². The Labute approximate surface area is 198 Å². The van der Waals surface area contributed by atoms with E-state index >= 15 is 0 Å². The van der Waals surface area contributed by atoms with Gasteiger partial charge in [0, 0.05) is 17.7 Å². The number of H-pyrrole nitrogens is 1. The fourth-order valence-electron chi connectivity index (χ4n) is 4.47. The maximum absolute atomic E-state index is 13.3. The third-order valence-electron chi connectivity index (χ3n) is 6.22. The summed E-state index contributed by atoms with van der Waals surface area (Å²) in [4.78, 5) is 15.2. The van der Waals surface area contributed by atoms with Crippen molar-refractivity contribution in [2.75, 3.05) is 6.54 Å². The lowest BCUT2D eigenvalue weighted by molar-refractivity contribution is 0.0741. The highest BCUT2D eigenvalue weighted by molar-refractivity contribution is 6.00. The normalized spacial score (nSPS) is 14.9. The molecule has 1 aliphatic rings. The molecule has 5 rings (SSSR count). The first-order valence-corrected chi connectivity index (χ1v) is 11.6. The summed E-state index contributed by atoms with van der Waals surface area (Å²) in [7, 11) is 0. The summed E-state index contributed by atoms with van der Waals surface area (Å²) < 4.78 is 5.95. The predicted octanol–water partition coefficient (Wildman–Crippen LogP) is 5.71. The number of phenolic OH excluding ortho intramolecular Hbond substituents is 1. The van der Waals surface area contributed by atoms with Crippen molar-refractivity contribution >= 4 is 5.91 Å².